The number of rotatable bonds is 7. The Labute approximate surface area is 134 Å². The maximum Gasteiger partial charge on any atom is 0.220 e. The summed E-state index contributed by atoms with van der Waals surface area (Å²) in [7, 11) is 0. The van der Waals surface area contributed by atoms with E-state index >= 15 is 0 Å². The number of halogens is 2. The van der Waals surface area contributed by atoms with Crippen LogP contribution in [0.1, 0.15) is 12.0 Å². The maximum absolute atomic E-state index is 12.8. The second-order valence-electron chi connectivity index (χ2n) is 4.78. The van der Waals surface area contributed by atoms with Crippen molar-refractivity contribution in [3.63, 3.8) is 0 Å². The quantitative estimate of drug-likeness (QED) is 0.791. The van der Waals surface area contributed by atoms with E-state index in [4.69, 9.17) is 16.3 Å². The summed E-state index contributed by atoms with van der Waals surface area (Å²) in [5, 5.41) is 3.44. The Morgan fingerprint density at radius 1 is 1.09 bits per heavy atom. The Kier molecular flexibility index (Phi) is 6.22. The molecule has 0 bridgehead atoms. The lowest BCUT2D eigenvalue weighted by Gasteiger charge is -2.08. The highest BCUT2D eigenvalue weighted by Crippen LogP contribution is 2.15. The van der Waals surface area contributed by atoms with E-state index in [1.54, 1.807) is 36.4 Å². The molecule has 0 heterocycles. The topological polar surface area (TPSA) is 38.3 Å². The number of benzene rings is 2. The molecule has 1 N–H and O–H groups in total. The number of amides is 1. The van der Waals surface area contributed by atoms with Crippen molar-refractivity contribution in [3.05, 3.63) is 64.9 Å². The van der Waals surface area contributed by atoms with Crippen molar-refractivity contribution in [1.82, 2.24) is 5.32 Å². The van der Waals surface area contributed by atoms with Gasteiger partial charge in [0.15, 0.2) is 0 Å². The molecular formula is C17H17ClFNO2. The normalized spacial score (nSPS) is 10.3. The van der Waals surface area contributed by atoms with Crippen LogP contribution in [-0.2, 0) is 11.2 Å². The number of aryl methyl sites for hydroxylation is 1. The fourth-order valence-electron chi connectivity index (χ4n) is 1.89. The molecule has 0 aromatic heterocycles. The molecule has 0 unspecified atom stereocenters. The zero-order valence-corrected chi connectivity index (χ0v) is 12.8. The molecule has 5 heteroatoms. The Balaban J connectivity index is 1.61. The van der Waals surface area contributed by atoms with Gasteiger partial charge in [-0.25, -0.2) is 4.39 Å². The molecule has 22 heavy (non-hydrogen) atoms. The molecule has 2 rings (SSSR count). The molecular weight excluding hydrogens is 305 g/mol. The summed E-state index contributed by atoms with van der Waals surface area (Å²) in [4.78, 5) is 11.7. The summed E-state index contributed by atoms with van der Waals surface area (Å²) in [5.74, 6) is 0.390. The number of nitrogens with one attached hydrogen (secondary N) is 1. The largest absolute Gasteiger partial charge is 0.492 e. The number of ether oxygens (including phenoxy) is 1. The second kappa shape index (κ2) is 8.39. The highest BCUT2D eigenvalue weighted by Gasteiger charge is 2.02. The van der Waals surface area contributed by atoms with Gasteiger partial charge in [0.25, 0.3) is 0 Å². The molecule has 2 aromatic rings. The first-order chi connectivity index (χ1) is 10.6. The average molecular weight is 322 g/mol. The third-order valence-corrected chi connectivity index (χ3v) is 3.31. The van der Waals surface area contributed by atoms with Crippen molar-refractivity contribution in [2.24, 2.45) is 0 Å². The predicted molar refractivity (Wildman–Crippen MR) is 84.7 cm³/mol. The summed E-state index contributed by atoms with van der Waals surface area (Å²) in [6.07, 6.45) is 0.955. The van der Waals surface area contributed by atoms with Crippen LogP contribution in [-0.4, -0.2) is 19.1 Å². The van der Waals surface area contributed by atoms with Gasteiger partial charge in [-0.15, -0.1) is 0 Å². The maximum atomic E-state index is 12.8. The minimum Gasteiger partial charge on any atom is -0.492 e. The SMILES string of the molecule is O=C(CCc1ccc(F)cc1)NCCOc1ccc(Cl)cc1. The van der Waals surface area contributed by atoms with E-state index in [0.29, 0.717) is 36.8 Å². The van der Waals surface area contributed by atoms with Gasteiger partial charge in [-0.1, -0.05) is 23.7 Å². The third-order valence-electron chi connectivity index (χ3n) is 3.06. The van der Waals surface area contributed by atoms with E-state index in [1.165, 1.54) is 12.1 Å². The van der Waals surface area contributed by atoms with E-state index in [-0.39, 0.29) is 11.7 Å². The summed E-state index contributed by atoms with van der Waals surface area (Å²) >= 11 is 5.78. The molecule has 116 valence electrons. The van der Waals surface area contributed by atoms with Gasteiger partial charge >= 0.3 is 0 Å². The lowest BCUT2D eigenvalue weighted by Crippen LogP contribution is -2.28. The van der Waals surface area contributed by atoms with Crippen LogP contribution < -0.4 is 10.1 Å². The molecule has 0 aliphatic carbocycles. The van der Waals surface area contributed by atoms with Gasteiger partial charge in [-0.2, -0.15) is 0 Å². The van der Waals surface area contributed by atoms with E-state index < -0.39 is 0 Å². The van der Waals surface area contributed by atoms with Crippen molar-refractivity contribution in [3.8, 4) is 5.75 Å². The molecule has 0 aliphatic rings. The van der Waals surface area contributed by atoms with Crippen LogP contribution in [0.5, 0.6) is 5.75 Å². The molecule has 0 atom stereocenters. The van der Waals surface area contributed by atoms with Crippen LogP contribution in [0, 0.1) is 5.82 Å². The summed E-state index contributed by atoms with van der Waals surface area (Å²) in [5.41, 5.74) is 0.939. The van der Waals surface area contributed by atoms with Gasteiger partial charge in [-0.05, 0) is 48.4 Å². The summed E-state index contributed by atoms with van der Waals surface area (Å²) < 4.78 is 18.2. The Hall–Kier alpha value is -2.07. The van der Waals surface area contributed by atoms with Gasteiger partial charge < -0.3 is 10.1 Å². The lowest BCUT2D eigenvalue weighted by atomic mass is 10.1. The minimum absolute atomic E-state index is 0.0518. The van der Waals surface area contributed by atoms with Crippen LogP contribution >= 0.6 is 11.6 Å². The third kappa shape index (κ3) is 5.74. The Bertz CT molecular complexity index is 599. The predicted octanol–water partition coefficient (Wildman–Crippen LogP) is 3.61. The standard InChI is InChI=1S/C17H17ClFNO2/c18-14-4-8-16(9-5-14)22-12-11-20-17(21)10-3-13-1-6-15(19)7-2-13/h1-2,4-9H,3,10-12H2,(H,20,21). The number of hydrogen-bond donors (Lipinski definition) is 1. The van der Waals surface area contributed by atoms with Crippen LogP contribution in [0.4, 0.5) is 4.39 Å². The molecule has 0 saturated heterocycles. The first-order valence-electron chi connectivity index (χ1n) is 7.03. The van der Waals surface area contributed by atoms with Crippen LogP contribution in [0.2, 0.25) is 5.02 Å². The van der Waals surface area contributed by atoms with E-state index in [9.17, 15) is 9.18 Å². The zero-order chi connectivity index (χ0) is 15.8. The second-order valence-corrected chi connectivity index (χ2v) is 5.22. The molecule has 0 spiro atoms. The fraction of sp³-hybridized carbons (Fsp3) is 0.235. The minimum atomic E-state index is -0.271. The van der Waals surface area contributed by atoms with Crippen LogP contribution in [0.3, 0.4) is 0 Å². The summed E-state index contributed by atoms with van der Waals surface area (Å²) in [6.45, 7) is 0.828. The number of carbonyl (C=O) groups excluding carboxylic acids is 1. The number of hydrogen-bond acceptors (Lipinski definition) is 2. The molecule has 3 nitrogen and oxygen atoms in total. The molecule has 0 saturated carbocycles. The summed E-state index contributed by atoms with van der Waals surface area (Å²) in [6, 6.07) is 13.2. The molecule has 0 fully saturated rings. The van der Waals surface area contributed by atoms with Crippen LogP contribution in [0.25, 0.3) is 0 Å². The first-order valence-corrected chi connectivity index (χ1v) is 7.41. The van der Waals surface area contributed by atoms with Crippen molar-refractivity contribution in [2.45, 2.75) is 12.8 Å². The van der Waals surface area contributed by atoms with Gasteiger partial charge in [0, 0.05) is 11.4 Å². The van der Waals surface area contributed by atoms with Crippen molar-refractivity contribution in [1.29, 1.82) is 0 Å². The van der Waals surface area contributed by atoms with Gasteiger partial charge in [0.1, 0.15) is 18.2 Å². The van der Waals surface area contributed by atoms with Crippen molar-refractivity contribution < 1.29 is 13.9 Å². The monoisotopic (exact) mass is 321 g/mol. The van der Waals surface area contributed by atoms with Gasteiger partial charge in [0.2, 0.25) is 5.91 Å². The average Bonchev–Trinajstić information content (AvgIpc) is 2.53. The smallest absolute Gasteiger partial charge is 0.220 e. The molecule has 1 amide bonds. The van der Waals surface area contributed by atoms with Crippen molar-refractivity contribution >= 4 is 17.5 Å². The Morgan fingerprint density at radius 2 is 1.77 bits per heavy atom. The zero-order valence-electron chi connectivity index (χ0n) is 12.0. The number of carbonyl (C=O) groups is 1. The fourth-order valence-corrected chi connectivity index (χ4v) is 2.01. The Morgan fingerprint density at radius 3 is 2.45 bits per heavy atom. The van der Waals surface area contributed by atoms with E-state index in [2.05, 4.69) is 5.32 Å². The van der Waals surface area contributed by atoms with E-state index in [1.807, 2.05) is 0 Å². The highest BCUT2D eigenvalue weighted by molar-refractivity contribution is 6.30. The van der Waals surface area contributed by atoms with E-state index in [0.717, 1.165) is 5.56 Å². The van der Waals surface area contributed by atoms with Gasteiger partial charge in [0.05, 0.1) is 6.54 Å². The van der Waals surface area contributed by atoms with Crippen molar-refractivity contribution in [2.75, 3.05) is 13.2 Å². The highest BCUT2D eigenvalue weighted by atomic mass is 35.5. The van der Waals surface area contributed by atoms with Gasteiger partial charge in [-0.3, -0.25) is 4.79 Å². The van der Waals surface area contributed by atoms with Crippen LogP contribution in [0.15, 0.2) is 48.5 Å². The first kappa shape index (κ1) is 16.3. The molecule has 0 aliphatic heterocycles. The molecule has 0 radical (unpaired) electrons. The molecule has 2 aromatic carbocycles. The lowest BCUT2D eigenvalue weighted by molar-refractivity contribution is -0.121.